The molecule has 1 spiro atoms. The van der Waals surface area contributed by atoms with Crippen LogP contribution >= 0.6 is 0 Å². The number of fused-ring (bicyclic) bond motifs is 10. The molecule has 72 valence electrons. The van der Waals surface area contributed by atoms with Gasteiger partial charge >= 0.3 is 73.0 Å². The third kappa shape index (κ3) is 0.0297. The van der Waals surface area contributed by atoms with Crippen molar-refractivity contribution in [3.63, 3.8) is 0 Å². The molecule has 5 atom stereocenters. The molecule has 10 fully saturated rings. The van der Waals surface area contributed by atoms with Crippen molar-refractivity contribution in [1.29, 1.82) is 0 Å². The Morgan fingerprint density at radius 1 is 1.07 bits per heavy atom. The van der Waals surface area contributed by atoms with E-state index in [0.717, 1.165) is 8.55 Å². The molecule has 14 heavy (non-hydrogen) atoms. The predicted octanol–water partition coefficient (Wildman–Crippen LogP) is 4.32. The van der Waals surface area contributed by atoms with Gasteiger partial charge in [-0.1, -0.05) is 0 Å². The van der Waals surface area contributed by atoms with Gasteiger partial charge in [0.2, 0.25) is 0 Å². The van der Waals surface area contributed by atoms with Crippen LogP contribution in [0.15, 0.2) is 12.7 Å². The number of hydrogen-bond donors (Lipinski definition) is 0. The molecule has 10 saturated heterocycles. The molecule has 0 nitrogen and oxygen atoms in total. The van der Waals surface area contributed by atoms with Crippen molar-refractivity contribution in [1.82, 2.24) is 0 Å². The SMILES string of the molecule is C=C[C]12[CH]3[CH]4[C]5(C)[CH]1[Cr]43521678[CH]2[CH]1[CH]6[CH]7[CH]28. The molecule has 0 aromatic heterocycles. The summed E-state index contributed by atoms with van der Waals surface area (Å²) in [5, 5.41) is 0. The van der Waals surface area contributed by atoms with E-state index in [0.29, 0.717) is 0 Å². The average molecular weight is 222 g/mol. The summed E-state index contributed by atoms with van der Waals surface area (Å²) in [5.41, 5.74) is 0. The van der Waals surface area contributed by atoms with E-state index in [2.05, 4.69) is 19.6 Å². The van der Waals surface area contributed by atoms with Crippen molar-refractivity contribution in [2.75, 3.05) is 0 Å². The van der Waals surface area contributed by atoms with Crippen LogP contribution in [-0.2, 0) is 6.65 Å². The van der Waals surface area contributed by atoms with Crippen LogP contribution in [0.5, 0.6) is 0 Å². The van der Waals surface area contributed by atoms with Crippen LogP contribution in [0.25, 0.3) is 0 Å². The predicted molar refractivity (Wildman–Crippen MR) is 51.3 cm³/mol. The van der Waals surface area contributed by atoms with Crippen LogP contribution in [0.4, 0.5) is 0 Å². The van der Waals surface area contributed by atoms with Gasteiger partial charge in [0.1, 0.15) is 0 Å². The van der Waals surface area contributed by atoms with E-state index in [1.807, 2.05) is 0 Å². The van der Waals surface area contributed by atoms with Gasteiger partial charge in [0.15, 0.2) is 0 Å². The molecule has 0 N–H and O–H groups in total. The van der Waals surface area contributed by atoms with E-state index < -0.39 is 6.65 Å². The second-order valence-electron chi connectivity index (χ2n) is 11.6. The van der Waals surface area contributed by atoms with Gasteiger partial charge < -0.3 is 0 Å². The molecule has 0 aliphatic carbocycles. The third-order valence-electron chi connectivity index (χ3n) is 18.1. The van der Waals surface area contributed by atoms with Crippen LogP contribution in [0, 0.1) is 0 Å². The first-order valence-electron chi connectivity index (χ1n) is 6.65. The first-order chi connectivity index (χ1) is 6.49. The Morgan fingerprint density at radius 2 is 1.64 bits per heavy atom. The van der Waals surface area contributed by atoms with Gasteiger partial charge in [0.25, 0.3) is 0 Å². The first kappa shape index (κ1) is 4.64. The van der Waals surface area contributed by atoms with Crippen LogP contribution in [-0.4, -0.2) is 0 Å². The molecule has 0 bridgehead atoms. The number of allylic oxidation sites excluding steroid dienone is 1. The Morgan fingerprint density at radius 3 is 1.71 bits per heavy atom. The quantitative estimate of drug-likeness (QED) is 0.579. The molecular weight excluding hydrogens is 208 g/mol. The summed E-state index contributed by atoms with van der Waals surface area (Å²) in [5.74, 6) is 0. The number of rotatable bonds is 1. The third-order valence-corrected chi connectivity index (χ3v) is 69.4. The van der Waals surface area contributed by atoms with Crippen molar-refractivity contribution in [2.45, 2.75) is 53.7 Å². The van der Waals surface area contributed by atoms with Crippen molar-refractivity contribution in [3.05, 3.63) is 12.7 Å². The van der Waals surface area contributed by atoms with Gasteiger partial charge in [-0.15, -0.1) is 0 Å². The summed E-state index contributed by atoms with van der Waals surface area (Å²) in [6, 6.07) is 0. The van der Waals surface area contributed by atoms with Gasteiger partial charge in [-0.25, -0.2) is 0 Å². The summed E-state index contributed by atoms with van der Waals surface area (Å²) >= 11 is 0. The maximum atomic E-state index is 4.32. The summed E-state index contributed by atoms with van der Waals surface area (Å²) < 4.78 is 13.7. The summed E-state index contributed by atoms with van der Waals surface area (Å²) in [6.45, 7) is 4.14. The van der Waals surface area contributed by atoms with Crippen molar-refractivity contribution < 1.29 is 6.65 Å². The standard InChI is InChI=1S/C8H9.C5H5.Cr/c1-3-8-5-4-7(2)6-8;1-2-4-5-3-1;/h3-6H,1H2,2H3;1-5H;. The monoisotopic (exact) mass is 222 g/mol. The molecule has 0 amide bonds. The van der Waals surface area contributed by atoms with Crippen LogP contribution in [0.1, 0.15) is 6.92 Å². The van der Waals surface area contributed by atoms with Gasteiger partial charge in [0, 0.05) is 0 Å². The summed E-state index contributed by atoms with van der Waals surface area (Å²) in [6.07, 6.45) is 2.58. The normalized spacial score (nSPS) is 147. The zero-order valence-corrected chi connectivity index (χ0v) is 9.59. The van der Waals surface area contributed by atoms with E-state index in [1.165, 1.54) is 38.2 Å². The fourth-order valence-electron chi connectivity index (χ4n) is 21.4. The zero-order chi connectivity index (χ0) is 8.64. The van der Waals surface area contributed by atoms with Gasteiger partial charge in [-0.3, -0.25) is 0 Å². The van der Waals surface area contributed by atoms with Gasteiger partial charge in [-0.2, -0.15) is 0 Å². The topological polar surface area (TPSA) is 0 Å². The van der Waals surface area contributed by atoms with Crippen LogP contribution in [0.2, 0.25) is 46.8 Å². The van der Waals surface area contributed by atoms with E-state index >= 15 is 0 Å². The van der Waals surface area contributed by atoms with Crippen molar-refractivity contribution >= 4 is 0 Å². The van der Waals surface area contributed by atoms with E-state index in [-0.39, 0.29) is 0 Å². The molecule has 10 rings (SSSR count). The summed E-state index contributed by atoms with van der Waals surface area (Å²) in [7, 11) is 0. The molecule has 10 aliphatic heterocycles. The Hall–Kier alpha value is 0.272. The molecule has 5 unspecified atom stereocenters. The minimum atomic E-state index is -2.98. The summed E-state index contributed by atoms with van der Waals surface area (Å²) in [4.78, 5) is 0. The van der Waals surface area contributed by atoms with E-state index in [9.17, 15) is 0 Å². The zero-order valence-electron chi connectivity index (χ0n) is 8.31. The van der Waals surface area contributed by atoms with E-state index in [4.69, 9.17) is 0 Å². The Kier molecular flexibility index (Phi) is 0.0979. The molecule has 0 aromatic carbocycles. The molecule has 0 saturated carbocycles. The Balaban J connectivity index is 2.06. The maximum absolute atomic E-state index is 4.32. The molecule has 10 heterocycles. The van der Waals surface area contributed by atoms with Crippen molar-refractivity contribution in [3.8, 4) is 0 Å². The molecular formula is C13H14Cr. The first-order valence-corrected chi connectivity index (χ1v) is 13.8. The second kappa shape index (κ2) is 0.295. The minimum absolute atomic E-state index is 0.974. The average Bonchev–Trinajstić information content (AvgIpc) is 3.11. The van der Waals surface area contributed by atoms with Gasteiger partial charge in [0.05, 0.1) is 0 Å². The van der Waals surface area contributed by atoms with Crippen LogP contribution < -0.4 is 0 Å². The second-order valence-corrected chi connectivity index (χ2v) is 38.7. The molecule has 0 radical (unpaired) electrons. The Bertz CT molecular complexity index is 941. The van der Waals surface area contributed by atoms with Crippen molar-refractivity contribution in [2.24, 2.45) is 0 Å². The molecule has 1 heteroatoms. The van der Waals surface area contributed by atoms with Crippen LogP contribution in [0.3, 0.4) is 0 Å². The molecule has 0 aromatic rings. The fraction of sp³-hybridized carbons (Fsp3) is 0.846. The Labute approximate surface area is 73.2 Å². The fourth-order valence-corrected chi connectivity index (χ4v) is 116. The number of hydrogen-bond acceptors (Lipinski definition) is 0. The van der Waals surface area contributed by atoms with E-state index in [1.54, 1.807) is 0 Å². The molecule has 10 aliphatic rings. The van der Waals surface area contributed by atoms with Gasteiger partial charge in [-0.05, 0) is 0 Å².